The minimum atomic E-state index is -0.120. The number of hydrogen-bond donors (Lipinski definition) is 1. The summed E-state index contributed by atoms with van der Waals surface area (Å²) in [5, 5.41) is 7.45. The zero-order valence-electron chi connectivity index (χ0n) is 17.8. The van der Waals surface area contributed by atoms with Crippen LogP contribution in [0.3, 0.4) is 0 Å². The van der Waals surface area contributed by atoms with Crippen LogP contribution in [-0.2, 0) is 0 Å². The number of aromatic nitrogens is 4. The highest BCUT2D eigenvalue weighted by molar-refractivity contribution is 5.90. The fraction of sp³-hybridized carbons (Fsp3) is 0.429. The van der Waals surface area contributed by atoms with Crippen molar-refractivity contribution < 1.29 is 9.53 Å². The average Bonchev–Trinajstić information content (AvgIpc) is 3.11. The second-order valence-corrected chi connectivity index (χ2v) is 7.50. The Bertz CT molecular complexity index is 1060. The van der Waals surface area contributed by atoms with Gasteiger partial charge in [0.2, 0.25) is 5.88 Å². The molecule has 1 atom stereocenters. The van der Waals surface area contributed by atoms with Crippen LogP contribution < -0.4 is 15.0 Å². The van der Waals surface area contributed by atoms with Crippen molar-refractivity contribution in [2.45, 2.75) is 33.7 Å². The zero-order chi connectivity index (χ0) is 21.3. The van der Waals surface area contributed by atoms with Gasteiger partial charge in [0.15, 0.2) is 5.65 Å². The fourth-order valence-corrected chi connectivity index (χ4v) is 3.79. The first kappa shape index (κ1) is 19.9. The van der Waals surface area contributed by atoms with Crippen LogP contribution in [0, 0.1) is 13.8 Å². The van der Waals surface area contributed by atoms with Gasteiger partial charge in [-0.25, -0.2) is 14.8 Å². The molecule has 0 bridgehead atoms. The van der Waals surface area contributed by atoms with E-state index < -0.39 is 0 Å². The van der Waals surface area contributed by atoms with Crippen molar-refractivity contribution >= 4 is 23.2 Å². The largest absolute Gasteiger partial charge is 0.478 e. The summed E-state index contributed by atoms with van der Waals surface area (Å²) in [6.07, 6.45) is 3.64. The monoisotopic (exact) mass is 409 g/mol. The predicted octanol–water partition coefficient (Wildman–Crippen LogP) is 2.88. The van der Waals surface area contributed by atoms with Crippen LogP contribution in [0.2, 0.25) is 0 Å². The summed E-state index contributed by atoms with van der Waals surface area (Å²) in [6, 6.07) is 5.59. The quantitative estimate of drug-likeness (QED) is 0.713. The first-order valence-electron chi connectivity index (χ1n) is 10.2. The molecule has 30 heavy (non-hydrogen) atoms. The molecule has 4 rings (SSSR count). The lowest BCUT2D eigenvalue weighted by molar-refractivity contribution is 0.200. The van der Waals surface area contributed by atoms with E-state index in [1.165, 1.54) is 0 Å². The molecule has 1 unspecified atom stereocenters. The molecule has 9 heteroatoms. The van der Waals surface area contributed by atoms with Crippen LogP contribution in [0.25, 0.3) is 5.65 Å². The SMILES string of the molecule is CCOc1ccc(NC(=O)N2CCN(c3ccnc4c(C)cnn34)C(C)C2)c(C)n1. The van der Waals surface area contributed by atoms with Gasteiger partial charge >= 0.3 is 6.03 Å². The molecule has 1 saturated heterocycles. The number of pyridine rings is 1. The van der Waals surface area contributed by atoms with E-state index in [1.807, 2.05) is 54.7 Å². The first-order chi connectivity index (χ1) is 14.5. The van der Waals surface area contributed by atoms with Gasteiger partial charge in [-0.15, -0.1) is 0 Å². The van der Waals surface area contributed by atoms with Crippen LogP contribution in [-0.4, -0.2) is 62.8 Å². The average molecular weight is 409 g/mol. The molecule has 0 saturated carbocycles. The minimum Gasteiger partial charge on any atom is -0.478 e. The maximum atomic E-state index is 12.8. The van der Waals surface area contributed by atoms with Gasteiger partial charge in [0.1, 0.15) is 5.82 Å². The molecule has 158 valence electrons. The lowest BCUT2D eigenvalue weighted by atomic mass is 10.2. The number of aryl methyl sites for hydroxylation is 2. The van der Waals surface area contributed by atoms with E-state index >= 15 is 0 Å². The molecular weight excluding hydrogens is 382 g/mol. The number of nitrogens with one attached hydrogen (secondary N) is 1. The fourth-order valence-electron chi connectivity index (χ4n) is 3.79. The Hall–Kier alpha value is -3.36. The van der Waals surface area contributed by atoms with Crippen molar-refractivity contribution in [3.63, 3.8) is 0 Å². The molecule has 1 aliphatic rings. The number of fused-ring (bicyclic) bond motifs is 1. The molecule has 1 fully saturated rings. The molecular formula is C21H27N7O2. The molecule has 3 aromatic rings. The Labute approximate surface area is 175 Å². The van der Waals surface area contributed by atoms with Crippen LogP contribution in [0.4, 0.5) is 16.3 Å². The van der Waals surface area contributed by atoms with Crippen LogP contribution >= 0.6 is 0 Å². The van der Waals surface area contributed by atoms with Crippen molar-refractivity contribution in [3.05, 3.63) is 41.9 Å². The van der Waals surface area contributed by atoms with E-state index in [0.29, 0.717) is 37.8 Å². The van der Waals surface area contributed by atoms with Gasteiger partial charge in [0, 0.05) is 43.5 Å². The second-order valence-electron chi connectivity index (χ2n) is 7.50. The number of nitrogens with zero attached hydrogens (tertiary/aromatic N) is 6. The van der Waals surface area contributed by atoms with Gasteiger partial charge in [-0.05, 0) is 39.8 Å². The number of carbonyl (C=O) groups is 1. The molecule has 9 nitrogen and oxygen atoms in total. The highest BCUT2D eigenvalue weighted by atomic mass is 16.5. The van der Waals surface area contributed by atoms with E-state index in [-0.39, 0.29) is 12.1 Å². The van der Waals surface area contributed by atoms with Gasteiger partial charge in [0.25, 0.3) is 0 Å². The molecule has 0 aromatic carbocycles. The third kappa shape index (κ3) is 3.74. The molecule has 1 aliphatic heterocycles. The summed E-state index contributed by atoms with van der Waals surface area (Å²) < 4.78 is 7.28. The zero-order valence-corrected chi connectivity index (χ0v) is 17.8. The Morgan fingerprint density at radius 1 is 1.27 bits per heavy atom. The highest BCUT2D eigenvalue weighted by Gasteiger charge is 2.28. The Balaban J connectivity index is 1.44. The summed E-state index contributed by atoms with van der Waals surface area (Å²) in [5.74, 6) is 1.56. The Morgan fingerprint density at radius 2 is 2.10 bits per heavy atom. The van der Waals surface area contributed by atoms with E-state index in [2.05, 4.69) is 32.2 Å². The van der Waals surface area contributed by atoms with Gasteiger partial charge in [-0.3, -0.25) is 0 Å². The van der Waals surface area contributed by atoms with E-state index in [0.717, 1.165) is 22.7 Å². The lowest BCUT2D eigenvalue weighted by Gasteiger charge is -2.40. The van der Waals surface area contributed by atoms with Crippen LogP contribution in [0.1, 0.15) is 25.1 Å². The summed E-state index contributed by atoms with van der Waals surface area (Å²) in [4.78, 5) is 25.8. The van der Waals surface area contributed by atoms with Crippen LogP contribution in [0.5, 0.6) is 5.88 Å². The Kier molecular flexibility index (Phi) is 5.43. The van der Waals surface area contributed by atoms with Crippen molar-refractivity contribution in [1.29, 1.82) is 0 Å². The third-order valence-electron chi connectivity index (χ3n) is 5.36. The van der Waals surface area contributed by atoms with Crippen LogP contribution in [0.15, 0.2) is 30.6 Å². The van der Waals surface area contributed by atoms with E-state index in [9.17, 15) is 4.79 Å². The lowest BCUT2D eigenvalue weighted by Crippen LogP contribution is -2.55. The van der Waals surface area contributed by atoms with E-state index in [4.69, 9.17) is 4.74 Å². The number of urea groups is 1. The van der Waals surface area contributed by atoms with Gasteiger partial charge < -0.3 is 19.9 Å². The number of anilines is 2. The standard InChI is InChI=1S/C21H27N7O2/c1-5-30-18-7-6-17(16(4)24-18)25-21(29)26-10-11-27(15(3)13-26)19-8-9-22-20-14(2)12-23-28(19)20/h6-9,12,15H,5,10-11,13H2,1-4H3,(H,25,29). The van der Waals surface area contributed by atoms with Crippen molar-refractivity contribution in [3.8, 4) is 5.88 Å². The topological polar surface area (TPSA) is 87.9 Å². The maximum Gasteiger partial charge on any atom is 0.322 e. The second kappa shape index (κ2) is 8.17. The Morgan fingerprint density at radius 3 is 2.83 bits per heavy atom. The number of amides is 2. The summed E-state index contributed by atoms with van der Waals surface area (Å²) in [7, 11) is 0. The normalized spacial score (nSPS) is 16.7. The minimum absolute atomic E-state index is 0.120. The summed E-state index contributed by atoms with van der Waals surface area (Å²) in [6.45, 7) is 10.4. The first-order valence-corrected chi connectivity index (χ1v) is 10.2. The molecule has 4 heterocycles. The van der Waals surface area contributed by atoms with Gasteiger partial charge in [-0.1, -0.05) is 0 Å². The molecule has 0 radical (unpaired) electrons. The predicted molar refractivity (Wildman–Crippen MR) is 115 cm³/mol. The smallest absolute Gasteiger partial charge is 0.322 e. The molecule has 1 N–H and O–H groups in total. The van der Waals surface area contributed by atoms with Crippen molar-refractivity contribution in [1.82, 2.24) is 24.5 Å². The number of carbonyl (C=O) groups excluding carboxylic acids is 1. The molecule has 3 aromatic heterocycles. The summed E-state index contributed by atoms with van der Waals surface area (Å²) >= 11 is 0. The number of hydrogen-bond acceptors (Lipinski definition) is 6. The molecule has 0 aliphatic carbocycles. The molecule has 2 amide bonds. The number of piperazine rings is 1. The van der Waals surface area contributed by atoms with E-state index in [1.54, 1.807) is 6.07 Å². The third-order valence-corrected chi connectivity index (χ3v) is 5.36. The summed E-state index contributed by atoms with van der Waals surface area (Å²) in [5.41, 5.74) is 3.33. The maximum absolute atomic E-state index is 12.8. The molecule has 0 spiro atoms. The number of rotatable bonds is 4. The van der Waals surface area contributed by atoms with Crippen molar-refractivity contribution in [2.24, 2.45) is 0 Å². The van der Waals surface area contributed by atoms with Crippen molar-refractivity contribution in [2.75, 3.05) is 36.5 Å². The van der Waals surface area contributed by atoms with Gasteiger partial charge in [0.05, 0.1) is 24.2 Å². The highest BCUT2D eigenvalue weighted by Crippen LogP contribution is 2.23. The van der Waals surface area contributed by atoms with Gasteiger partial charge in [-0.2, -0.15) is 9.61 Å². The number of ether oxygens (including phenoxy) is 1.